The molecule has 160 valence electrons. The van der Waals surface area contributed by atoms with Crippen molar-refractivity contribution >= 4 is 49.9 Å². The third kappa shape index (κ3) is 4.97. The zero-order valence-electron chi connectivity index (χ0n) is 17.2. The van der Waals surface area contributed by atoms with Gasteiger partial charge in [-0.05, 0) is 53.5 Å². The highest BCUT2D eigenvalue weighted by molar-refractivity contribution is 9.10. The number of hydrogen-bond acceptors (Lipinski definition) is 5. The molecule has 1 N–H and O–H groups in total. The fourth-order valence-corrected chi connectivity index (χ4v) is 4.90. The minimum absolute atomic E-state index is 0.0693. The molecule has 0 saturated carbocycles. The van der Waals surface area contributed by atoms with Gasteiger partial charge in [0.05, 0.1) is 22.5 Å². The number of thiazole rings is 1. The number of carbonyl (C=O) groups is 2. The molecule has 6 nitrogen and oxygen atoms in total. The van der Waals surface area contributed by atoms with Crippen molar-refractivity contribution < 1.29 is 9.59 Å². The lowest BCUT2D eigenvalue weighted by Crippen LogP contribution is -2.35. The first-order valence-electron chi connectivity index (χ1n) is 10.1. The number of carbonyl (C=O) groups excluding carboxylic acids is 2. The van der Waals surface area contributed by atoms with Gasteiger partial charge in [0.25, 0.3) is 11.8 Å². The molecule has 0 spiro atoms. The van der Waals surface area contributed by atoms with E-state index < -0.39 is 0 Å². The Kier molecular flexibility index (Phi) is 6.67. The predicted octanol–water partition coefficient (Wildman–Crippen LogP) is 4.82. The molecule has 8 heteroatoms. The van der Waals surface area contributed by atoms with E-state index in [1.165, 1.54) is 0 Å². The minimum atomic E-state index is -0.256. The number of nitrogens with one attached hydrogen (secondary N) is 1. The lowest BCUT2D eigenvalue weighted by atomic mass is 10.1. The first-order valence-corrected chi connectivity index (χ1v) is 11.8. The van der Waals surface area contributed by atoms with Crippen LogP contribution in [0.2, 0.25) is 0 Å². The van der Waals surface area contributed by atoms with Crippen molar-refractivity contribution in [3.05, 3.63) is 75.2 Å². The lowest BCUT2D eigenvalue weighted by molar-refractivity contribution is 0.0768. The highest BCUT2D eigenvalue weighted by atomic mass is 79.9. The Bertz CT molecular complexity index is 1100. The molecule has 3 aromatic rings. The fraction of sp³-hybridized carbons (Fsp3) is 0.261. The van der Waals surface area contributed by atoms with Crippen LogP contribution in [0.1, 0.15) is 32.8 Å². The van der Waals surface area contributed by atoms with Gasteiger partial charge in [-0.15, -0.1) is 11.3 Å². The number of anilines is 2. The number of hydrogen-bond donors (Lipinski definition) is 1. The summed E-state index contributed by atoms with van der Waals surface area (Å²) in [6.45, 7) is 4.89. The summed E-state index contributed by atoms with van der Waals surface area (Å²) in [6.07, 6.45) is 0.871. The maximum Gasteiger partial charge on any atom is 0.256 e. The van der Waals surface area contributed by atoms with Crippen molar-refractivity contribution in [1.29, 1.82) is 0 Å². The highest BCUT2D eigenvalue weighted by Gasteiger charge is 2.24. The second-order valence-corrected chi connectivity index (χ2v) is 9.07. The number of aryl methyl sites for hydroxylation is 1. The molecule has 0 radical (unpaired) electrons. The van der Waals surface area contributed by atoms with E-state index in [-0.39, 0.29) is 11.8 Å². The summed E-state index contributed by atoms with van der Waals surface area (Å²) in [4.78, 5) is 34.8. The summed E-state index contributed by atoms with van der Waals surface area (Å²) in [5.74, 6) is -0.325. The van der Waals surface area contributed by atoms with E-state index >= 15 is 0 Å². The van der Waals surface area contributed by atoms with Crippen molar-refractivity contribution in [2.24, 2.45) is 0 Å². The number of aromatic nitrogens is 1. The summed E-state index contributed by atoms with van der Waals surface area (Å²) in [5, 5.41) is 5.96. The van der Waals surface area contributed by atoms with Crippen LogP contribution in [0.25, 0.3) is 0 Å². The van der Waals surface area contributed by atoms with Crippen molar-refractivity contribution in [3.63, 3.8) is 0 Å². The maximum absolute atomic E-state index is 13.3. The van der Waals surface area contributed by atoms with E-state index in [0.717, 1.165) is 30.3 Å². The standard InChI is InChI=1S/C23H23BrN4O2S/c1-16-15-31-23(25-16)28-12-6-11-27(13-14-28)22(30)18-8-3-5-10-20(18)26-21(29)17-7-2-4-9-19(17)24/h2-5,7-10,15H,6,11-14H2,1H3,(H,26,29). The van der Waals surface area contributed by atoms with Crippen molar-refractivity contribution in [2.45, 2.75) is 13.3 Å². The zero-order valence-corrected chi connectivity index (χ0v) is 19.6. The van der Waals surface area contributed by atoms with Gasteiger partial charge in [-0.3, -0.25) is 9.59 Å². The second-order valence-electron chi connectivity index (χ2n) is 7.38. The molecule has 1 aromatic heterocycles. The monoisotopic (exact) mass is 498 g/mol. The van der Waals surface area contributed by atoms with E-state index in [1.807, 2.05) is 47.5 Å². The van der Waals surface area contributed by atoms with Gasteiger partial charge in [-0.25, -0.2) is 4.98 Å². The lowest BCUT2D eigenvalue weighted by Gasteiger charge is -2.23. The Morgan fingerprint density at radius 2 is 1.74 bits per heavy atom. The van der Waals surface area contributed by atoms with Crippen molar-refractivity contribution in [2.75, 3.05) is 36.4 Å². The molecule has 2 aromatic carbocycles. The average molecular weight is 499 g/mol. The smallest absolute Gasteiger partial charge is 0.256 e. The Labute approximate surface area is 194 Å². The first-order chi connectivity index (χ1) is 15.0. The number of nitrogens with zero attached hydrogens (tertiary/aromatic N) is 3. The molecule has 2 heterocycles. The average Bonchev–Trinajstić information content (AvgIpc) is 3.05. The number of benzene rings is 2. The summed E-state index contributed by atoms with van der Waals surface area (Å²) in [6, 6.07) is 14.4. The van der Waals surface area contributed by atoms with Crippen molar-refractivity contribution in [3.8, 4) is 0 Å². The van der Waals surface area contributed by atoms with Crippen molar-refractivity contribution in [1.82, 2.24) is 9.88 Å². The van der Waals surface area contributed by atoms with Gasteiger partial charge in [0.1, 0.15) is 0 Å². The maximum atomic E-state index is 13.3. The Balaban J connectivity index is 1.49. The SMILES string of the molecule is Cc1csc(N2CCCN(C(=O)c3ccccc3NC(=O)c3ccccc3Br)CC2)n1. The zero-order chi connectivity index (χ0) is 21.8. The van der Waals surface area contributed by atoms with Crippen LogP contribution >= 0.6 is 27.3 Å². The van der Waals surface area contributed by atoms with Gasteiger partial charge in [0, 0.05) is 36.0 Å². The third-order valence-corrected chi connectivity index (χ3v) is 6.90. The number of rotatable bonds is 4. The number of para-hydroxylation sites is 1. The van der Waals surface area contributed by atoms with Crippen LogP contribution in [0.3, 0.4) is 0 Å². The van der Waals surface area contributed by atoms with E-state index in [1.54, 1.807) is 29.5 Å². The van der Waals surface area contributed by atoms with Crippen LogP contribution in [-0.2, 0) is 0 Å². The molecule has 31 heavy (non-hydrogen) atoms. The van der Waals surface area contributed by atoms with Crippen LogP contribution in [0.15, 0.2) is 58.4 Å². The fourth-order valence-electron chi connectivity index (χ4n) is 3.58. The minimum Gasteiger partial charge on any atom is -0.346 e. The van der Waals surface area contributed by atoms with Crippen LogP contribution < -0.4 is 10.2 Å². The largest absolute Gasteiger partial charge is 0.346 e. The van der Waals surface area contributed by atoms with Crippen LogP contribution in [0.4, 0.5) is 10.8 Å². The molecule has 2 amide bonds. The topological polar surface area (TPSA) is 65.5 Å². The van der Waals surface area contributed by atoms with Crippen LogP contribution in [0, 0.1) is 6.92 Å². The van der Waals surface area contributed by atoms with Crippen LogP contribution in [0.5, 0.6) is 0 Å². The Hall–Kier alpha value is -2.71. The molecule has 0 atom stereocenters. The van der Waals surface area contributed by atoms with E-state index in [4.69, 9.17) is 0 Å². The van der Waals surface area contributed by atoms with E-state index in [9.17, 15) is 9.59 Å². The highest BCUT2D eigenvalue weighted by Crippen LogP contribution is 2.24. The normalized spacial score (nSPS) is 14.3. The molecular weight excluding hydrogens is 476 g/mol. The summed E-state index contributed by atoms with van der Waals surface area (Å²) in [5.41, 5.74) is 2.56. The molecule has 0 aliphatic carbocycles. The third-order valence-electron chi connectivity index (χ3n) is 5.18. The molecule has 0 bridgehead atoms. The Morgan fingerprint density at radius 3 is 2.48 bits per heavy atom. The summed E-state index contributed by atoms with van der Waals surface area (Å²) < 4.78 is 0.710. The Morgan fingerprint density at radius 1 is 1.00 bits per heavy atom. The van der Waals surface area contributed by atoms with Gasteiger partial charge >= 0.3 is 0 Å². The molecule has 4 rings (SSSR count). The molecule has 1 aliphatic heterocycles. The molecule has 0 unspecified atom stereocenters. The van der Waals surface area contributed by atoms with Crippen LogP contribution in [-0.4, -0.2) is 47.9 Å². The molecule has 1 fully saturated rings. The predicted molar refractivity (Wildman–Crippen MR) is 128 cm³/mol. The van der Waals surface area contributed by atoms with Gasteiger partial charge in [0.2, 0.25) is 0 Å². The van der Waals surface area contributed by atoms with E-state index in [2.05, 4.69) is 31.1 Å². The van der Waals surface area contributed by atoms with Gasteiger partial charge in [-0.1, -0.05) is 24.3 Å². The van der Waals surface area contributed by atoms with Gasteiger partial charge in [0.15, 0.2) is 5.13 Å². The van der Waals surface area contributed by atoms with E-state index in [0.29, 0.717) is 34.4 Å². The first kappa shape index (κ1) is 21.5. The van der Waals surface area contributed by atoms with Gasteiger partial charge in [-0.2, -0.15) is 0 Å². The second kappa shape index (κ2) is 9.62. The molecule has 1 saturated heterocycles. The number of amides is 2. The molecular formula is C23H23BrN4O2S. The number of halogens is 1. The van der Waals surface area contributed by atoms with Gasteiger partial charge < -0.3 is 15.1 Å². The molecule has 1 aliphatic rings. The quantitative estimate of drug-likeness (QED) is 0.559. The summed E-state index contributed by atoms with van der Waals surface area (Å²) in [7, 11) is 0. The summed E-state index contributed by atoms with van der Waals surface area (Å²) >= 11 is 5.05.